The molecule has 3 rings (SSSR count). The Kier molecular flexibility index (Phi) is 2.97. The molecule has 2 aromatic heterocycles. The molecule has 0 spiro atoms. The third kappa shape index (κ3) is 2.09. The second-order valence-corrected chi connectivity index (χ2v) is 4.58. The molecule has 0 aliphatic heterocycles. The van der Waals surface area contributed by atoms with Gasteiger partial charge in [0.2, 0.25) is 0 Å². The molecule has 0 bridgehead atoms. The van der Waals surface area contributed by atoms with Crippen molar-refractivity contribution >= 4 is 17.2 Å². The van der Waals surface area contributed by atoms with Crippen LogP contribution in [0.25, 0.3) is 16.9 Å². The van der Waals surface area contributed by atoms with Crippen molar-refractivity contribution in [3.63, 3.8) is 0 Å². The van der Waals surface area contributed by atoms with Crippen LogP contribution < -0.4 is 0 Å². The van der Waals surface area contributed by atoms with Crippen LogP contribution in [0.2, 0.25) is 5.02 Å². The van der Waals surface area contributed by atoms with Crippen molar-refractivity contribution in [2.75, 3.05) is 0 Å². The number of benzene rings is 1. The zero-order chi connectivity index (χ0) is 13.4. The minimum Gasteiger partial charge on any atom is -0.390 e. The highest BCUT2D eigenvalue weighted by Gasteiger charge is 2.13. The lowest BCUT2D eigenvalue weighted by molar-refractivity contribution is 0.276. The minimum absolute atomic E-state index is 0.157. The molecule has 5 heteroatoms. The smallest absolute Gasteiger partial charge is 0.139 e. The number of rotatable bonds is 2. The van der Waals surface area contributed by atoms with Crippen LogP contribution in [-0.2, 0) is 6.61 Å². The summed E-state index contributed by atoms with van der Waals surface area (Å²) in [4.78, 5) is 4.44. The van der Waals surface area contributed by atoms with Crippen LogP contribution in [0, 0.1) is 5.82 Å². The number of aliphatic hydroxyl groups excluding tert-OH is 1. The Labute approximate surface area is 113 Å². The van der Waals surface area contributed by atoms with Crippen LogP contribution in [0.3, 0.4) is 0 Å². The number of aromatic nitrogens is 2. The first-order valence-corrected chi connectivity index (χ1v) is 6.10. The fourth-order valence-electron chi connectivity index (χ4n) is 2.06. The second-order valence-electron chi connectivity index (χ2n) is 4.15. The van der Waals surface area contributed by atoms with Gasteiger partial charge in [-0.1, -0.05) is 11.6 Å². The summed E-state index contributed by atoms with van der Waals surface area (Å²) in [5, 5.41) is 10.1. The van der Waals surface area contributed by atoms with Crippen molar-refractivity contribution in [3.05, 3.63) is 59.1 Å². The molecule has 19 heavy (non-hydrogen) atoms. The maximum absolute atomic E-state index is 12.9. The first-order valence-electron chi connectivity index (χ1n) is 5.72. The number of aliphatic hydroxyl groups is 1. The van der Waals surface area contributed by atoms with Crippen LogP contribution in [0.5, 0.6) is 0 Å². The molecule has 2 heterocycles. The highest BCUT2D eigenvalue weighted by atomic mass is 35.5. The van der Waals surface area contributed by atoms with Gasteiger partial charge in [-0.25, -0.2) is 9.37 Å². The lowest BCUT2D eigenvalue weighted by Crippen LogP contribution is -1.93. The van der Waals surface area contributed by atoms with Gasteiger partial charge in [0, 0.05) is 22.8 Å². The zero-order valence-electron chi connectivity index (χ0n) is 9.85. The Morgan fingerprint density at radius 2 is 1.95 bits per heavy atom. The van der Waals surface area contributed by atoms with Gasteiger partial charge in [-0.15, -0.1) is 0 Å². The van der Waals surface area contributed by atoms with Crippen LogP contribution in [0.15, 0.2) is 42.6 Å². The van der Waals surface area contributed by atoms with Crippen molar-refractivity contribution in [2.45, 2.75) is 6.61 Å². The molecule has 3 nitrogen and oxygen atoms in total. The van der Waals surface area contributed by atoms with Gasteiger partial charge >= 0.3 is 0 Å². The molecule has 0 radical (unpaired) electrons. The largest absolute Gasteiger partial charge is 0.390 e. The van der Waals surface area contributed by atoms with Crippen molar-refractivity contribution in [3.8, 4) is 11.3 Å². The molecule has 1 aromatic carbocycles. The molecule has 0 saturated carbocycles. The summed E-state index contributed by atoms with van der Waals surface area (Å²) < 4.78 is 14.7. The molecule has 96 valence electrons. The normalized spacial score (nSPS) is 11.1. The van der Waals surface area contributed by atoms with Crippen molar-refractivity contribution in [1.29, 1.82) is 0 Å². The van der Waals surface area contributed by atoms with E-state index in [9.17, 15) is 9.50 Å². The molecule has 3 aromatic rings. The summed E-state index contributed by atoms with van der Waals surface area (Å²) in [5.41, 5.74) is 2.68. The van der Waals surface area contributed by atoms with E-state index in [0.717, 1.165) is 5.56 Å². The molecular formula is C14H10ClFN2O. The predicted octanol–water partition coefficient (Wildman–Crippen LogP) is 3.29. The van der Waals surface area contributed by atoms with Gasteiger partial charge in [-0.3, -0.25) is 0 Å². The van der Waals surface area contributed by atoms with Crippen LogP contribution in [0.4, 0.5) is 4.39 Å². The highest BCUT2D eigenvalue weighted by molar-refractivity contribution is 6.30. The van der Waals surface area contributed by atoms with E-state index < -0.39 is 0 Å². The van der Waals surface area contributed by atoms with Gasteiger partial charge in [0.15, 0.2) is 0 Å². The molecule has 0 aliphatic carbocycles. The molecule has 0 amide bonds. The van der Waals surface area contributed by atoms with Gasteiger partial charge in [0.25, 0.3) is 0 Å². The molecule has 0 unspecified atom stereocenters. The van der Waals surface area contributed by atoms with Crippen LogP contribution in [-0.4, -0.2) is 14.5 Å². The van der Waals surface area contributed by atoms with Gasteiger partial charge in [0.1, 0.15) is 11.5 Å². The molecule has 0 atom stereocenters. The van der Waals surface area contributed by atoms with Crippen LogP contribution >= 0.6 is 11.6 Å². The maximum atomic E-state index is 12.9. The Morgan fingerprint density at radius 1 is 1.21 bits per heavy atom. The predicted molar refractivity (Wildman–Crippen MR) is 71.5 cm³/mol. The summed E-state index contributed by atoms with van der Waals surface area (Å²) in [7, 11) is 0. The van der Waals surface area contributed by atoms with Gasteiger partial charge in [-0.05, 0) is 30.3 Å². The molecule has 0 fully saturated rings. The summed E-state index contributed by atoms with van der Waals surface area (Å²) in [5.74, 6) is -0.305. The van der Waals surface area contributed by atoms with E-state index in [1.54, 1.807) is 34.9 Å². The zero-order valence-corrected chi connectivity index (χ0v) is 10.6. The number of hydrogen-bond acceptors (Lipinski definition) is 2. The molecular weight excluding hydrogens is 267 g/mol. The number of hydrogen-bond donors (Lipinski definition) is 1. The summed E-state index contributed by atoms with van der Waals surface area (Å²) in [6.07, 6.45) is 1.75. The number of pyridine rings is 1. The van der Waals surface area contributed by atoms with Crippen molar-refractivity contribution < 1.29 is 9.50 Å². The van der Waals surface area contributed by atoms with Gasteiger partial charge in [-0.2, -0.15) is 0 Å². The maximum Gasteiger partial charge on any atom is 0.139 e. The standard InChI is InChI=1S/C14H10ClFN2O/c15-10-5-6-18-12(8-19)14(17-13(18)7-10)9-1-3-11(16)4-2-9/h1-7,19H,8H2. The van der Waals surface area contributed by atoms with E-state index in [1.165, 1.54) is 12.1 Å². The van der Waals surface area contributed by atoms with E-state index in [0.29, 0.717) is 22.1 Å². The van der Waals surface area contributed by atoms with Crippen molar-refractivity contribution in [1.82, 2.24) is 9.38 Å². The van der Waals surface area contributed by atoms with Gasteiger partial charge in [0.05, 0.1) is 18.0 Å². The van der Waals surface area contributed by atoms with Gasteiger partial charge < -0.3 is 9.51 Å². The Hall–Kier alpha value is -1.91. The fourth-order valence-corrected chi connectivity index (χ4v) is 2.21. The summed E-state index contributed by atoms with van der Waals surface area (Å²) in [6.45, 7) is -0.157. The van der Waals surface area contributed by atoms with Crippen LogP contribution in [0.1, 0.15) is 5.69 Å². The van der Waals surface area contributed by atoms with E-state index in [4.69, 9.17) is 11.6 Å². The first-order chi connectivity index (χ1) is 9.19. The highest BCUT2D eigenvalue weighted by Crippen LogP contribution is 2.26. The number of fused-ring (bicyclic) bond motifs is 1. The number of nitrogens with zero attached hydrogens (tertiary/aromatic N) is 2. The third-order valence-corrected chi connectivity index (χ3v) is 3.19. The van der Waals surface area contributed by atoms with E-state index in [1.807, 2.05) is 0 Å². The Bertz CT molecular complexity index is 737. The SMILES string of the molecule is OCc1c(-c2ccc(F)cc2)nc2cc(Cl)ccn12. The monoisotopic (exact) mass is 276 g/mol. The summed E-state index contributed by atoms with van der Waals surface area (Å²) >= 11 is 5.92. The lowest BCUT2D eigenvalue weighted by atomic mass is 10.1. The molecule has 0 saturated heterocycles. The van der Waals surface area contributed by atoms with E-state index in [-0.39, 0.29) is 12.4 Å². The fraction of sp³-hybridized carbons (Fsp3) is 0.0714. The lowest BCUT2D eigenvalue weighted by Gasteiger charge is -2.01. The Balaban J connectivity index is 2.25. The Morgan fingerprint density at radius 3 is 2.63 bits per heavy atom. The average Bonchev–Trinajstić information content (AvgIpc) is 2.77. The number of imidazole rings is 1. The van der Waals surface area contributed by atoms with E-state index in [2.05, 4.69) is 4.98 Å². The second kappa shape index (κ2) is 4.64. The van der Waals surface area contributed by atoms with Crippen molar-refractivity contribution in [2.24, 2.45) is 0 Å². The minimum atomic E-state index is -0.305. The van der Waals surface area contributed by atoms with E-state index >= 15 is 0 Å². The quantitative estimate of drug-likeness (QED) is 0.780. The average molecular weight is 277 g/mol. The topological polar surface area (TPSA) is 37.5 Å². The number of halogens is 2. The molecule has 0 aliphatic rings. The third-order valence-electron chi connectivity index (χ3n) is 2.95. The first kappa shape index (κ1) is 12.1. The molecule has 1 N–H and O–H groups in total. The summed E-state index contributed by atoms with van der Waals surface area (Å²) in [6, 6.07) is 9.45.